The molecule has 0 unspecified atom stereocenters. The SMILES string of the molecule is CN(CC(=O)N1CCOCC1)C(=O)c1ncoc1-c1ccccc1Cl. The summed E-state index contributed by atoms with van der Waals surface area (Å²) in [4.78, 5) is 32.0. The molecule has 0 bridgehead atoms. The zero-order valence-corrected chi connectivity index (χ0v) is 14.5. The monoisotopic (exact) mass is 363 g/mol. The van der Waals surface area contributed by atoms with E-state index in [0.29, 0.717) is 42.6 Å². The minimum atomic E-state index is -0.398. The molecule has 0 radical (unpaired) electrons. The number of hydrogen-bond acceptors (Lipinski definition) is 5. The molecule has 0 N–H and O–H groups in total. The molecule has 0 saturated carbocycles. The molecule has 2 amide bonds. The Labute approximate surface area is 150 Å². The van der Waals surface area contributed by atoms with Crippen molar-refractivity contribution in [1.82, 2.24) is 14.8 Å². The highest BCUT2D eigenvalue weighted by Crippen LogP contribution is 2.30. The van der Waals surface area contributed by atoms with Crippen LogP contribution in [0, 0.1) is 0 Å². The predicted molar refractivity (Wildman–Crippen MR) is 91.3 cm³/mol. The molecule has 1 saturated heterocycles. The summed E-state index contributed by atoms with van der Waals surface area (Å²) < 4.78 is 10.6. The van der Waals surface area contributed by atoms with Crippen molar-refractivity contribution < 1.29 is 18.7 Å². The van der Waals surface area contributed by atoms with Gasteiger partial charge in [0.2, 0.25) is 5.91 Å². The average molecular weight is 364 g/mol. The van der Waals surface area contributed by atoms with Gasteiger partial charge in [-0.2, -0.15) is 0 Å². The van der Waals surface area contributed by atoms with Gasteiger partial charge in [0.25, 0.3) is 5.91 Å². The second kappa shape index (κ2) is 7.67. The fourth-order valence-electron chi connectivity index (χ4n) is 2.60. The molecule has 25 heavy (non-hydrogen) atoms. The van der Waals surface area contributed by atoms with E-state index in [1.165, 1.54) is 11.3 Å². The quantitative estimate of drug-likeness (QED) is 0.829. The summed E-state index contributed by atoms with van der Waals surface area (Å²) in [5, 5.41) is 0.459. The Balaban J connectivity index is 1.74. The first-order chi connectivity index (χ1) is 12.1. The number of carbonyl (C=O) groups excluding carboxylic acids is 2. The second-order valence-electron chi connectivity index (χ2n) is 5.66. The van der Waals surface area contributed by atoms with Crippen molar-refractivity contribution >= 4 is 23.4 Å². The zero-order valence-electron chi connectivity index (χ0n) is 13.8. The average Bonchev–Trinajstić information content (AvgIpc) is 3.11. The number of benzene rings is 1. The number of ether oxygens (including phenoxy) is 1. The molecule has 3 rings (SSSR count). The summed E-state index contributed by atoms with van der Waals surface area (Å²) >= 11 is 6.17. The van der Waals surface area contributed by atoms with E-state index in [1.54, 1.807) is 36.2 Å². The number of halogens is 1. The number of amides is 2. The third-order valence-corrected chi connectivity index (χ3v) is 4.30. The van der Waals surface area contributed by atoms with E-state index in [4.69, 9.17) is 20.8 Å². The number of morpholine rings is 1. The van der Waals surface area contributed by atoms with E-state index in [2.05, 4.69) is 4.98 Å². The Morgan fingerprint density at radius 2 is 2.00 bits per heavy atom. The van der Waals surface area contributed by atoms with Crippen LogP contribution in [0.2, 0.25) is 5.02 Å². The lowest BCUT2D eigenvalue weighted by Gasteiger charge is -2.28. The Morgan fingerprint density at radius 1 is 1.28 bits per heavy atom. The Kier molecular flexibility index (Phi) is 5.35. The molecule has 0 aliphatic carbocycles. The summed E-state index contributed by atoms with van der Waals surface area (Å²) in [7, 11) is 1.56. The number of rotatable bonds is 4. The molecule has 1 aliphatic rings. The summed E-state index contributed by atoms with van der Waals surface area (Å²) in [6.45, 7) is 2.08. The topological polar surface area (TPSA) is 75.9 Å². The van der Waals surface area contributed by atoms with Crippen LogP contribution in [0.1, 0.15) is 10.5 Å². The second-order valence-corrected chi connectivity index (χ2v) is 6.07. The molecule has 0 atom stereocenters. The van der Waals surface area contributed by atoms with E-state index in [9.17, 15) is 9.59 Å². The van der Waals surface area contributed by atoms with Gasteiger partial charge in [0, 0.05) is 25.7 Å². The highest BCUT2D eigenvalue weighted by molar-refractivity contribution is 6.33. The lowest BCUT2D eigenvalue weighted by molar-refractivity contribution is -0.135. The minimum Gasteiger partial charge on any atom is -0.443 e. The van der Waals surface area contributed by atoms with Crippen molar-refractivity contribution in [3.63, 3.8) is 0 Å². The number of likely N-dealkylation sites (N-methyl/N-ethyl adjacent to an activating group) is 1. The van der Waals surface area contributed by atoms with Gasteiger partial charge >= 0.3 is 0 Å². The maximum absolute atomic E-state index is 12.7. The van der Waals surface area contributed by atoms with Crippen molar-refractivity contribution in [2.24, 2.45) is 0 Å². The molecule has 7 nitrogen and oxygen atoms in total. The molecule has 1 aliphatic heterocycles. The first-order valence-electron chi connectivity index (χ1n) is 7.87. The van der Waals surface area contributed by atoms with Gasteiger partial charge in [-0.3, -0.25) is 9.59 Å². The molecule has 8 heteroatoms. The molecule has 132 valence electrons. The van der Waals surface area contributed by atoms with E-state index >= 15 is 0 Å². The normalized spacial score (nSPS) is 14.4. The first kappa shape index (κ1) is 17.4. The van der Waals surface area contributed by atoms with Crippen LogP contribution >= 0.6 is 11.6 Å². The van der Waals surface area contributed by atoms with Crippen molar-refractivity contribution in [3.05, 3.63) is 41.4 Å². The highest BCUT2D eigenvalue weighted by Gasteiger charge is 2.26. The Bertz CT molecular complexity index is 771. The van der Waals surface area contributed by atoms with E-state index in [-0.39, 0.29) is 18.1 Å². The summed E-state index contributed by atoms with van der Waals surface area (Å²) in [5.41, 5.74) is 0.711. The first-order valence-corrected chi connectivity index (χ1v) is 8.25. The Hall–Kier alpha value is -2.38. The van der Waals surface area contributed by atoms with E-state index in [1.807, 2.05) is 0 Å². The van der Waals surface area contributed by atoms with Crippen LogP contribution in [-0.4, -0.2) is 66.5 Å². The molecule has 2 heterocycles. The fourth-order valence-corrected chi connectivity index (χ4v) is 2.82. The van der Waals surface area contributed by atoms with Gasteiger partial charge in [-0.15, -0.1) is 0 Å². The molecule has 1 aromatic carbocycles. The minimum absolute atomic E-state index is 0.0341. The summed E-state index contributed by atoms with van der Waals surface area (Å²) in [5.74, 6) is -0.228. The number of oxazole rings is 1. The van der Waals surface area contributed by atoms with Crippen LogP contribution in [-0.2, 0) is 9.53 Å². The van der Waals surface area contributed by atoms with Crippen molar-refractivity contribution in [1.29, 1.82) is 0 Å². The molecular formula is C17H18ClN3O4. The largest absolute Gasteiger partial charge is 0.443 e. The van der Waals surface area contributed by atoms with Crippen LogP contribution in [0.5, 0.6) is 0 Å². The number of hydrogen-bond donors (Lipinski definition) is 0. The van der Waals surface area contributed by atoms with Gasteiger partial charge < -0.3 is 19.0 Å². The highest BCUT2D eigenvalue weighted by atomic mass is 35.5. The van der Waals surface area contributed by atoms with Gasteiger partial charge in [-0.25, -0.2) is 4.98 Å². The van der Waals surface area contributed by atoms with Gasteiger partial charge in [0.15, 0.2) is 17.8 Å². The van der Waals surface area contributed by atoms with Crippen molar-refractivity contribution in [3.8, 4) is 11.3 Å². The number of aromatic nitrogens is 1. The molecule has 0 spiro atoms. The fraction of sp³-hybridized carbons (Fsp3) is 0.353. The van der Waals surface area contributed by atoms with Crippen LogP contribution in [0.4, 0.5) is 0 Å². The molecule has 2 aromatic rings. The van der Waals surface area contributed by atoms with E-state index < -0.39 is 5.91 Å². The maximum Gasteiger partial charge on any atom is 0.276 e. The van der Waals surface area contributed by atoms with Gasteiger partial charge in [0.1, 0.15) is 0 Å². The summed E-state index contributed by atoms with van der Waals surface area (Å²) in [6.07, 6.45) is 1.20. The third-order valence-electron chi connectivity index (χ3n) is 3.97. The lowest BCUT2D eigenvalue weighted by Crippen LogP contribution is -2.46. The molecule has 1 aromatic heterocycles. The zero-order chi connectivity index (χ0) is 17.8. The Morgan fingerprint density at radius 3 is 2.72 bits per heavy atom. The standard InChI is InChI=1S/C17H18ClN3O4/c1-20(10-14(22)21-6-8-24-9-7-21)17(23)15-16(25-11-19-15)12-4-2-3-5-13(12)18/h2-5,11H,6-10H2,1H3. The third kappa shape index (κ3) is 3.83. The number of nitrogens with zero attached hydrogens (tertiary/aromatic N) is 3. The van der Waals surface area contributed by atoms with Crippen LogP contribution < -0.4 is 0 Å². The predicted octanol–water partition coefficient (Wildman–Crippen LogP) is 1.93. The summed E-state index contributed by atoms with van der Waals surface area (Å²) in [6, 6.07) is 7.04. The van der Waals surface area contributed by atoms with Crippen LogP contribution in [0.25, 0.3) is 11.3 Å². The lowest BCUT2D eigenvalue weighted by atomic mass is 10.1. The smallest absolute Gasteiger partial charge is 0.276 e. The van der Waals surface area contributed by atoms with Gasteiger partial charge in [-0.05, 0) is 12.1 Å². The molecular weight excluding hydrogens is 346 g/mol. The van der Waals surface area contributed by atoms with Crippen molar-refractivity contribution in [2.75, 3.05) is 39.9 Å². The van der Waals surface area contributed by atoms with Gasteiger partial charge in [-0.1, -0.05) is 23.7 Å². The maximum atomic E-state index is 12.7. The molecule has 1 fully saturated rings. The van der Waals surface area contributed by atoms with E-state index in [0.717, 1.165) is 0 Å². The van der Waals surface area contributed by atoms with Crippen LogP contribution in [0.3, 0.4) is 0 Å². The van der Waals surface area contributed by atoms with Crippen LogP contribution in [0.15, 0.2) is 35.1 Å². The van der Waals surface area contributed by atoms with Gasteiger partial charge in [0.05, 0.1) is 24.8 Å². The van der Waals surface area contributed by atoms with Crippen molar-refractivity contribution in [2.45, 2.75) is 0 Å². The number of carbonyl (C=O) groups is 2.